The summed E-state index contributed by atoms with van der Waals surface area (Å²) in [5, 5.41) is 2.82. The molecule has 0 bridgehead atoms. The van der Waals surface area contributed by atoms with Crippen molar-refractivity contribution in [3.05, 3.63) is 59.2 Å². The molecule has 1 aliphatic heterocycles. The molecule has 0 saturated carbocycles. The van der Waals surface area contributed by atoms with Crippen LogP contribution in [0.1, 0.15) is 54.1 Å². The van der Waals surface area contributed by atoms with Crippen molar-refractivity contribution < 1.29 is 19.1 Å². The highest BCUT2D eigenvalue weighted by Crippen LogP contribution is 2.35. The molecule has 0 saturated heterocycles. The highest BCUT2D eigenvalue weighted by Gasteiger charge is 2.25. The number of fused-ring (bicyclic) bond motifs is 1. The monoisotopic (exact) mass is 379 g/mol. The minimum absolute atomic E-state index is 0.199. The van der Waals surface area contributed by atoms with Gasteiger partial charge < -0.3 is 14.8 Å². The van der Waals surface area contributed by atoms with Crippen LogP contribution < -0.4 is 10.1 Å². The number of amides is 1. The first-order valence-electron chi connectivity index (χ1n) is 9.61. The number of hydrogen-bond donors (Lipinski definition) is 1. The van der Waals surface area contributed by atoms with Gasteiger partial charge in [0.25, 0.3) is 5.91 Å². The van der Waals surface area contributed by atoms with Gasteiger partial charge in [-0.25, -0.2) is 4.79 Å². The number of nitrogens with one attached hydrogen (secondary N) is 1. The van der Waals surface area contributed by atoms with Gasteiger partial charge in [0.2, 0.25) is 0 Å². The van der Waals surface area contributed by atoms with Crippen LogP contribution in [0.4, 0.5) is 5.69 Å². The normalized spacial score (nSPS) is 13.9. The molecule has 2 aromatic rings. The van der Waals surface area contributed by atoms with Crippen LogP contribution in [-0.4, -0.2) is 25.6 Å². The van der Waals surface area contributed by atoms with Gasteiger partial charge in [-0.15, -0.1) is 0 Å². The van der Waals surface area contributed by atoms with Crippen LogP contribution in [-0.2, 0) is 9.53 Å². The van der Waals surface area contributed by atoms with Gasteiger partial charge >= 0.3 is 5.97 Å². The van der Waals surface area contributed by atoms with Crippen LogP contribution in [0.3, 0.4) is 0 Å². The smallest absolute Gasteiger partial charge is 0.337 e. The lowest BCUT2D eigenvalue weighted by molar-refractivity contribution is -0.110. The molecule has 1 aliphatic rings. The first-order chi connectivity index (χ1) is 13.6. The van der Waals surface area contributed by atoms with Gasteiger partial charge in [0.05, 0.1) is 19.3 Å². The summed E-state index contributed by atoms with van der Waals surface area (Å²) in [7, 11) is 1.33. The number of carbonyl (C=O) groups excluding carboxylic acids is 2. The molecule has 0 aromatic heterocycles. The van der Waals surface area contributed by atoms with Gasteiger partial charge in [-0.1, -0.05) is 50.5 Å². The number of anilines is 1. The van der Waals surface area contributed by atoms with Crippen LogP contribution in [0.5, 0.6) is 5.75 Å². The fraction of sp³-hybridized carbons (Fsp3) is 0.304. The minimum Gasteiger partial charge on any atom is -0.493 e. The standard InChI is InChI=1S/C23H25NO4/c1-3-4-5-8-13-28-21-10-7-6-9-16(21)14-19-18-12-11-17(23(26)27-2)15-20(18)24-22(19)25/h6-7,9-12,14-15H,3-5,8,13H2,1-2H3,(H,24,25). The Labute approximate surface area is 165 Å². The molecule has 0 radical (unpaired) electrons. The number of hydrogen-bond acceptors (Lipinski definition) is 4. The third-order valence-electron chi connectivity index (χ3n) is 4.70. The zero-order chi connectivity index (χ0) is 19.9. The fourth-order valence-corrected chi connectivity index (χ4v) is 3.18. The van der Waals surface area contributed by atoms with Crippen molar-refractivity contribution in [2.24, 2.45) is 0 Å². The summed E-state index contributed by atoms with van der Waals surface area (Å²) in [6.45, 7) is 2.84. The van der Waals surface area contributed by atoms with E-state index in [9.17, 15) is 9.59 Å². The van der Waals surface area contributed by atoms with Crippen LogP contribution in [0.25, 0.3) is 11.6 Å². The molecule has 0 fully saturated rings. The molecule has 1 amide bonds. The minimum atomic E-state index is -0.434. The summed E-state index contributed by atoms with van der Waals surface area (Å²) in [5.41, 5.74) is 3.17. The zero-order valence-corrected chi connectivity index (χ0v) is 16.3. The van der Waals surface area contributed by atoms with E-state index in [1.807, 2.05) is 30.3 Å². The maximum absolute atomic E-state index is 12.5. The molecule has 5 heteroatoms. The Hall–Kier alpha value is -3.08. The largest absolute Gasteiger partial charge is 0.493 e. The number of methoxy groups -OCH3 is 1. The predicted octanol–water partition coefficient (Wildman–Crippen LogP) is 4.93. The van der Waals surface area contributed by atoms with E-state index in [-0.39, 0.29) is 5.91 Å². The van der Waals surface area contributed by atoms with E-state index in [1.54, 1.807) is 18.2 Å². The van der Waals surface area contributed by atoms with E-state index < -0.39 is 5.97 Å². The molecule has 5 nitrogen and oxygen atoms in total. The van der Waals surface area contributed by atoms with Gasteiger partial charge in [-0.2, -0.15) is 0 Å². The van der Waals surface area contributed by atoms with E-state index in [0.29, 0.717) is 23.4 Å². The van der Waals surface area contributed by atoms with Crippen molar-refractivity contribution in [1.29, 1.82) is 0 Å². The number of benzene rings is 2. The fourth-order valence-electron chi connectivity index (χ4n) is 3.18. The highest BCUT2D eigenvalue weighted by atomic mass is 16.5. The Morgan fingerprint density at radius 3 is 2.71 bits per heavy atom. The first-order valence-corrected chi connectivity index (χ1v) is 9.61. The topological polar surface area (TPSA) is 64.6 Å². The third kappa shape index (κ3) is 4.42. The Morgan fingerprint density at radius 2 is 1.93 bits per heavy atom. The Kier molecular flexibility index (Phi) is 6.48. The second-order valence-corrected chi connectivity index (χ2v) is 6.71. The van der Waals surface area contributed by atoms with Crippen molar-refractivity contribution in [2.75, 3.05) is 19.0 Å². The first kappa shape index (κ1) is 19.7. The van der Waals surface area contributed by atoms with Gasteiger partial charge in [0, 0.05) is 22.4 Å². The molecule has 28 heavy (non-hydrogen) atoms. The van der Waals surface area contributed by atoms with Crippen LogP contribution in [0.15, 0.2) is 42.5 Å². The summed E-state index contributed by atoms with van der Waals surface area (Å²) in [6, 6.07) is 12.8. The van der Waals surface area contributed by atoms with E-state index in [0.717, 1.165) is 29.7 Å². The highest BCUT2D eigenvalue weighted by molar-refractivity contribution is 6.35. The Balaban J connectivity index is 1.83. The number of unbranched alkanes of at least 4 members (excludes halogenated alkanes) is 3. The molecule has 1 heterocycles. The average molecular weight is 379 g/mol. The molecule has 3 rings (SSSR count). The van der Waals surface area contributed by atoms with Gasteiger partial charge in [0.15, 0.2) is 0 Å². The Morgan fingerprint density at radius 1 is 1.11 bits per heavy atom. The maximum Gasteiger partial charge on any atom is 0.337 e. The van der Waals surface area contributed by atoms with Gasteiger partial charge in [0.1, 0.15) is 5.75 Å². The quantitative estimate of drug-likeness (QED) is 0.401. The van der Waals surface area contributed by atoms with Crippen LogP contribution in [0, 0.1) is 0 Å². The number of rotatable bonds is 8. The molecule has 1 N–H and O–H groups in total. The summed E-state index contributed by atoms with van der Waals surface area (Å²) in [5.74, 6) is 0.130. The molecule has 0 unspecified atom stereocenters. The van der Waals surface area contributed by atoms with Crippen molar-refractivity contribution >= 4 is 29.2 Å². The van der Waals surface area contributed by atoms with Crippen LogP contribution >= 0.6 is 0 Å². The molecule has 0 atom stereocenters. The second-order valence-electron chi connectivity index (χ2n) is 6.71. The number of esters is 1. The van der Waals surface area contributed by atoms with E-state index in [2.05, 4.69) is 12.2 Å². The summed E-state index contributed by atoms with van der Waals surface area (Å²) in [4.78, 5) is 24.2. The number of ether oxygens (including phenoxy) is 2. The van der Waals surface area contributed by atoms with Crippen molar-refractivity contribution in [3.8, 4) is 5.75 Å². The molecule has 0 spiro atoms. The number of carbonyl (C=O) groups is 2. The second kappa shape index (κ2) is 9.22. The average Bonchev–Trinajstić information content (AvgIpc) is 3.02. The summed E-state index contributed by atoms with van der Waals surface area (Å²) in [6.07, 6.45) is 6.39. The van der Waals surface area contributed by atoms with E-state index in [1.165, 1.54) is 20.0 Å². The van der Waals surface area contributed by atoms with Gasteiger partial charge in [-0.3, -0.25) is 4.79 Å². The van der Waals surface area contributed by atoms with Crippen molar-refractivity contribution in [1.82, 2.24) is 0 Å². The molecule has 146 valence electrons. The Bertz CT molecular complexity index is 901. The van der Waals surface area contributed by atoms with Crippen LogP contribution in [0.2, 0.25) is 0 Å². The lowest BCUT2D eigenvalue weighted by atomic mass is 10.0. The zero-order valence-electron chi connectivity index (χ0n) is 16.3. The summed E-state index contributed by atoms with van der Waals surface area (Å²) >= 11 is 0. The molecular formula is C23H25NO4. The van der Waals surface area contributed by atoms with Crippen molar-refractivity contribution in [2.45, 2.75) is 32.6 Å². The third-order valence-corrected chi connectivity index (χ3v) is 4.70. The van der Waals surface area contributed by atoms with Gasteiger partial charge in [-0.05, 0) is 30.7 Å². The SMILES string of the molecule is CCCCCCOc1ccccc1C=C1C(=O)Nc2cc(C(=O)OC)ccc21. The van der Waals surface area contributed by atoms with Crippen molar-refractivity contribution in [3.63, 3.8) is 0 Å². The molecule has 0 aliphatic carbocycles. The maximum atomic E-state index is 12.5. The van der Waals surface area contributed by atoms with E-state index >= 15 is 0 Å². The lowest BCUT2D eigenvalue weighted by Gasteiger charge is -2.09. The number of para-hydroxylation sites is 1. The summed E-state index contributed by atoms with van der Waals surface area (Å²) < 4.78 is 10.7. The molecular weight excluding hydrogens is 354 g/mol. The predicted molar refractivity (Wildman–Crippen MR) is 110 cm³/mol. The van der Waals surface area contributed by atoms with E-state index in [4.69, 9.17) is 9.47 Å². The molecule has 2 aromatic carbocycles. The lowest BCUT2D eigenvalue weighted by Crippen LogP contribution is -2.05.